The van der Waals surface area contributed by atoms with Gasteiger partial charge in [0.2, 0.25) is 0 Å². The number of ether oxygens (including phenoxy) is 1. The highest BCUT2D eigenvalue weighted by Gasteiger charge is 2.43. The molecule has 4 aromatic rings. The molecule has 6 nitrogen and oxygen atoms in total. The molecule has 0 fully saturated rings. The number of carbonyl (C=O) groups is 1. The highest BCUT2D eigenvalue weighted by Crippen LogP contribution is 2.46. The quantitative estimate of drug-likeness (QED) is 0.503. The molecule has 5 rings (SSSR count). The van der Waals surface area contributed by atoms with E-state index in [1.165, 1.54) is 7.11 Å². The zero-order valence-electron chi connectivity index (χ0n) is 17.2. The number of rotatable bonds is 4. The Morgan fingerprint density at radius 2 is 1.77 bits per heavy atom. The Morgan fingerprint density at radius 1 is 1.03 bits per heavy atom. The number of nitrogens with zero attached hydrogens (tertiary/aromatic N) is 2. The minimum atomic E-state index is -0.423. The summed E-state index contributed by atoms with van der Waals surface area (Å²) in [4.78, 5) is 15.3. The molecule has 6 heteroatoms. The van der Waals surface area contributed by atoms with Crippen molar-refractivity contribution >= 4 is 11.6 Å². The van der Waals surface area contributed by atoms with Crippen LogP contribution >= 0.6 is 0 Å². The van der Waals surface area contributed by atoms with Gasteiger partial charge in [0.15, 0.2) is 11.5 Å². The number of aromatic hydroxyl groups is 1. The molecule has 1 amide bonds. The fraction of sp³-hybridized carbons (Fsp3) is 0.120. The Morgan fingerprint density at radius 3 is 2.48 bits per heavy atom. The van der Waals surface area contributed by atoms with Crippen LogP contribution in [-0.2, 0) is 0 Å². The standard InChI is InChI=1S/C25H21N3O3/c1-15-8-11-18(12-9-15)28-24(17-10-13-19(29)20(14-17)31-2)21-22(16-6-4-3-5-7-16)26-27-23(21)25(28)30/h3-14,24,29H,1-2H3,(H,26,27). The molecule has 0 aliphatic carbocycles. The Bertz CT molecular complexity index is 1260. The van der Waals surface area contributed by atoms with Gasteiger partial charge in [-0.2, -0.15) is 5.10 Å². The summed E-state index contributed by atoms with van der Waals surface area (Å²) in [5.41, 5.74) is 5.66. The number of fused-ring (bicyclic) bond motifs is 1. The van der Waals surface area contributed by atoms with Crippen molar-refractivity contribution in [2.75, 3.05) is 12.0 Å². The van der Waals surface area contributed by atoms with E-state index < -0.39 is 6.04 Å². The molecule has 0 bridgehead atoms. The van der Waals surface area contributed by atoms with Gasteiger partial charge in [0.05, 0.1) is 18.8 Å². The lowest BCUT2D eigenvalue weighted by Gasteiger charge is -2.27. The maximum Gasteiger partial charge on any atom is 0.277 e. The Kier molecular flexibility index (Phi) is 4.47. The van der Waals surface area contributed by atoms with Crippen LogP contribution in [0.25, 0.3) is 11.3 Å². The fourth-order valence-corrected chi connectivity index (χ4v) is 4.11. The summed E-state index contributed by atoms with van der Waals surface area (Å²) in [6.45, 7) is 2.01. The van der Waals surface area contributed by atoms with Gasteiger partial charge in [-0.1, -0.05) is 54.1 Å². The van der Waals surface area contributed by atoms with Crippen LogP contribution in [0.3, 0.4) is 0 Å². The maximum atomic E-state index is 13.5. The summed E-state index contributed by atoms with van der Waals surface area (Å²) in [6.07, 6.45) is 0. The number of anilines is 1. The van der Waals surface area contributed by atoms with Gasteiger partial charge >= 0.3 is 0 Å². The van der Waals surface area contributed by atoms with Crippen LogP contribution in [-0.4, -0.2) is 28.3 Å². The molecule has 154 valence electrons. The summed E-state index contributed by atoms with van der Waals surface area (Å²) in [5, 5.41) is 17.6. The number of nitrogens with one attached hydrogen (secondary N) is 1. The largest absolute Gasteiger partial charge is 0.504 e. The van der Waals surface area contributed by atoms with Crippen LogP contribution in [0.1, 0.15) is 33.2 Å². The van der Waals surface area contributed by atoms with E-state index in [-0.39, 0.29) is 11.7 Å². The second-order valence-corrected chi connectivity index (χ2v) is 7.57. The number of hydrogen-bond acceptors (Lipinski definition) is 4. The first-order valence-electron chi connectivity index (χ1n) is 9.99. The molecule has 1 aliphatic heterocycles. The number of aryl methyl sites for hydroxylation is 1. The molecule has 0 spiro atoms. The van der Waals surface area contributed by atoms with E-state index in [1.807, 2.05) is 67.6 Å². The second kappa shape index (κ2) is 7.32. The summed E-state index contributed by atoms with van der Waals surface area (Å²) < 4.78 is 5.34. The Balaban J connectivity index is 1.74. The van der Waals surface area contributed by atoms with E-state index in [0.717, 1.165) is 33.6 Å². The van der Waals surface area contributed by atoms with E-state index >= 15 is 0 Å². The molecule has 2 N–H and O–H groups in total. The maximum absolute atomic E-state index is 13.5. The number of phenols is 1. The minimum Gasteiger partial charge on any atom is -0.504 e. The van der Waals surface area contributed by atoms with Crippen molar-refractivity contribution in [1.29, 1.82) is 0 Å². The van der Waals surface area contributed by atoms with Crippen molar-refractivity contribution in [3.63, 3.8) is 0 Å². The number of H-pyrrole nitrogens is 1. The van der Waals surface area contributed by atoms with Gasteiger partial charge in [-0.3, -0.25) is 14.8 Å². The molecular weight excluding hydrogens is 390 g/mol. The molecule has 1 atom stereocenters. The van der Waals surface area contributed by atoms with Gasteiger partial charge in [-0.05, 0) is 36.8 Å². The van der Waals surface area contributed by atoms with Gasteiger partial charge in [0, 0.05) is 16.8 Å². The SMILES string of the molecule is COc1cc(C2c3c(-c4ccccc4)n[nH]c3C(=O)N2c2ccc(C)cc2)ccc1O. The highest BCUT2D eigenvalue weighted by molar-refractivity contribution is 6.11. The van der Waals surface area contributed by atoms with Crippen molar-refractivity contribution in [2.24, 2.45) is 0 Å². The molecule has 31 heavy (non-hydrogen) atoms. The summed E-state index contributed by atoms with van der Waals surface area (Å²) in [7, 11) is 1.51. The molecule has 0 radical (unpaired) electrons. The van der Waals surface area contributed by atoms with Crippen molar-refractivity contribution in [3.8, 4) is 22.8 Å². The van der Waals surface area contributed by atoms with Crippen LogP contribution < -0.4 is 9.64 Å². The molecule has 0 saturated heterocycles. The summed E-state index contributed by atoms with van der Waals surface area (Å²) >= 11 is 0. The van der Waals surface area contributed by atoms with Gasteiger partial charge < -0.3 is 9.84 Å². The van der Waals surface area contributed by atoms with Crippen molar-refractivity contribution in [3.05, 3.63) is 95.2 Å². The molecule has 1 aromatic heterocycles. The first kappa shape index (κ1) is 18.9. The second-order valence-electron chi connectivity index (χ2n) is 7.57. The lowest BCUT2D eigenvalue weighted by Crippen LogP contribution is -2.29. The van der Waals surface area contributed by atoms with E-state index in [1.54, 1.807) is 17.0 Å². The van der Waals surface area contributed by atoms with E-state index in [4.69, 9.17) is 4.74 Å². The van der Waals surface area contributed by atoms with Gasteiger partial charge in [-0.25, -0.2) is 0 Å². The van der Waals surface area contributed by atoms with E-state index in [0.29, 0.717) is 11.4 Å². The predicted octanol–water partition coefficient (Wildman–Crippen LogP) is 4.85. The first-order valence-corrected chi connectivity index (χ1v) is 9.99. The van der Waals surface area contributed by atoms with Crippen molar-refractivity contribution in [1.82, 2.24) is 10.2 Å². The van der Waals surface area contributed by atoms with E-state index in [2.05, 4.69) is 10.2 Å². The Hall–Kier alpha value is -4.06. The number of hydrogen-bond donors (Lipinski definition) is 2. The first-order chi connectivity index (χ1) is 15.1. The third kappa shape index (κ3) is 3.04. The van der Waals surface area contributed by atoms with Crippen LogP contribution in [0.2, 0.25) is 0 Å². The van der Waals surface area contributed by atoms with Crippen molar-refractivity contribution < 1.29 is 14.6 Å². The van der Waals surface area contributed by atoms with Gasteiger partial charge in [-0.15, -0.1) is 0 Å². The lowest BCUT2D eigenvalue weighted by atomic mass is 9.95. The third-order valence-corrected chi connectivity index (χ3v) is 5.65. The smallest absolute Gasteiger partial charge is 0.277 e. The van der Waals surface area contributed by atoms with Crippen LogP contribution in [0.15, 0.2) is 72.8 Å². The number of carbonyl (C=O) groups excluding carboxylic acids is 1. The minimum absolute atomic E-state index is 0.0492. The molecule has 1 aliphatic rings. The number of amides is 1. The molecule has 0 saturated carbocycles. The zero-order valence-corrected chi connectivity index (χ0v) is 17.2. The van der Waals surface area contributed by atoms with Gasteiger partial charge in [0.1, 0.15) is 5.69 Å². The topological polar surface area (TPSA) is 78.5 Å². The van der Waals surface area contributed by atoms with Crippen LogP contribution in [0.5, 0.6) is 11.5 Å². The number of aromatic amines is 1. The fourth-order valence-electron chi connectivity index (χ4n) is 4.11. The van der Waals surface area contributed by atoms with E-state index in [9.17, 15) is 9.90 Å². The summed E-state index contributed by atoms with van der Waals surface area (Å²) in [6, 6.07) is 22.4. The number of methoxy groups -OCH3 is 1. The Labute approximate surface area is 179 Å². The van der Waals surface area contributed by atoms with Crippen LogP contribution in [0, 0.1) is 6.92 Å². The average molecular weight is 411 g/mol. The average Bonchev–Trinajstić information content (AvgIpc) is 3.35. The van der Waals surface area contributed by atoms with Crippen LogP contribution in [0.4, 0.5) is 5.69 Å². The lowest BCUT2D eigenvalue weighted by molar-refractivity contribution is 0.0988. The van der Waals surface area contributed by atoms with Crippen molar-refractivity contribution in [2.45, 2.75) is 13.0 Å². The molecule has 1 unspecified atom stereocenters. The summed E-state index contributed by atoms with van der Waals surface area (Å²) in [5.74, 6) is 0.255. The third-order valence-electron chi connectivity index (χ3n) is 5.65. The zero-order chi connectivity index (χ0) is 21.5. The molecular formula is C25H21N3O3. The normalized spacial score (nSPS) is 15.2. The monoisotopic (exact) mass is 411 g/mol. The predicted molar refractivity (Wildman–Crippen MR) is 119 cm³/mol. The molecule has 3 aromatic carbocycles. The number of phenolic OH excluding ortho intramolecular Hbond substituents is 1. The number of benzene rings is 3. The highest BCUT2D eigenvalue weighted by atomic mass is 16.5. The molecule has 2 heterocycles. The number of aromatic nitrogens is 2. The van der Waals surface area contributed by atoms with Gasteiger partial charge in [0.25, 0.3) is 5.91 Å².